The highest BCUT2D eigenvalue weighted by Crippen LogP contribution is 2.24. The van der Waals surface area contributed by atoms with Gasteiger partial charge < -0.3 is 9.47 Å². The van der Waals surface area contributed by atoms with Crippen LogP contribution in [-0.4, -0.2) is 12.7 Å². The fourth-order valence-corrected chi connectivity index (χ4v) is 2.40. The van der Waals surface area contributed by atoms with Gasteiger partial charge in [0.05, 0.1) is 12.3 Å². The van der Waals surface area contributed by atoms with Gasteiger partial charge in [0.15, 0.2) is 0 Å². The predicted molar refractivity (Wildman–Crippen MR) is 92.1 cm³/mol. The maximum atomic E-state index is 11.7. The van der Waals surface area contributed by atoms with Gasteiger partial charge in [0.2, 0.25) is 0 Å². The molecule has 1 N–H and O–H groups in total. The number of amides is 1. The van der Waals surface area contributed by atoms with Crippen molar-refractivity contribution in [1.29, 1.82) is 0 Å². The maximum absolute atomic E-state index is 11.7. The maximum Gasteiger partial charge on any atom is 0.411 e. The molecule has 4 heteroatoms. The average Bonchev–Trinajstić information content (AvgIpc) is 2.48. The number of nitrogens with one attached hydrogen (secondary N) is 1. The van der Waals surface area contributed by atoms with Gasteiger partial charge in [-0.25, -0.2) is 4.79 Å². The molecule has 2 aromatic carbocycles. The monoisotopic (exact) mass is 313 g/mol. The lowest BCUT2D eigenvalue weighted by molar-refractivity contribution is 0.168. The molecule has 0 aliphatic carbocycles. The highest BCUT2D eigenvalue weighted by atomic mass is 16.5. The van der Waals surface area contributed by atoms with E-state index in [1.54, 1.807) is 6.92 Å². The lowest BCUT2D eigenvalue weighted by Gasteiger charge is -2.15. The van der Waals surface area contributed by atoms with Crippen LogP contribution in [0.1, 0.15) is 29.2 Å². The van der Waals surface area contributed by atoms with E-state index >= 15 is 0 Å². The molecule has 0 aromatic heterocycles. The molecule has 4 nitrogen and oxygen atoms in total. The summed E-state index contributed by atoms with van der Waals surface area (Å²) in [5.74, 6) is 0.848. The van der Waals surface area contributed by atoms with Gasteiger partial charge in [-0.15, -0.1) is 0 Å². The second kappa shape index (κ2) is 7.68. The Hall–Kier alpha value is -2.49. The van der Waals surface area contributed by atoms with E-state index in [1.807, 2.05) is 44.2 Å². The number of carbonyl (C=O) groups excluding carboxylic acids is 1. The largest absolute Gasteiger partial charge is 0.489 e. The number of aryl methyl sites for hydroxylation is 3. The van der Waals surface area contributed by atoms with E-state index in [1.165, 1.54) is 5.56 Å². The first-order chi connectivity index (χ1) is 11.0. The Morgan fingerprint density at radius 2 is 1.87 bits per heavy atom. The molecule has 0 atom stereocenters. The van der Waals surface area contributed by atoms with Gasteiger partial charge in [0.25, 0.3) is 0 Å². The SMILES string of the molecule is CCOC(=O)Nc1cccc(C)c1COc1ccc(C)cc1C. The summed E-state index contributed by atoms with van der Waals surface area (Å²) in [6.07, 6.45) is -0.453. The highest BCUT2D eigenvalue weighted by molar-refractivity contribution is 5.85. The summed E-state index contributed by atoms with van der Waals surface area (Å²) in [6, 6.07) is 11.8. The molecule has 0 spiro atoms. The molecular formula is C19H23NO3. The molecule has 0 fully saturated rings. The van der Waals surface area contributed by atoms with Crippen LogP contribution < -0.4 is 10.1 Å². The second-order valence-electron chi connectivity index (χ2n) is 5.50. The van der Waals surface area contributed by atoms with Crippen molar-refractivity contribution in [3.8, 4) is 5.75 Å². The number of carbonyl (C=O) groups is 1. The average molecular weight is 313 g/mol. The van der Waals surface area contributed by atoms with Gasteiger partial charge in [-0.3, -0.25) is 5.32 Å². The van der Waals surface area contributed by atoms with Crippen molar-refractivity contribution in [1.82, 2.24) is 0 Å². The number of ether oxygens (including phenoxy) is 2. The van der Waals surface area contributed by atoms with E-state index in [9.17, 15) is 4.79 Å². The van der Waals surface area contributed by atoms with E-state index in [2.05, 4.69) is 18.3 Å². The number of benzene rings is 2. The molecule has 0 unspecified atom stereocenters. The van der Waals surface area contributed by atoms with Gasteiger partial charge in [-0.2, -0.15) is 0 Å². The Morgan fingerprint density at radius 1 is 1.09 bits per heavy atom. The third-order valence-electron chi connectivity index (χ3n) is 3.62. The van der Waals surface area contributed by atoms with Crippen LogP contribution in [0.15, 0.2) is 36.4 Å². The lowest BCUT2D eigenvalue weighted by Crippen LogP contribution is -2.15. The zero-order valence-corrected chi connectivity index (χ0v) is 14.1. The third-order valence-corrected chi connectivity index (χ3v) is 3.62. The van der Waals surface area contributed by atoms with Crippen LogP contribution in [0, 0.1) is 20.8 Å². The van der Waals surface area contributed by atoms with Crippen molar-refractivity contribution >= 4 is 11.8 Å². The molecule has 0 aliphatic heterocycles. The molecule has 1 amide bonds. The third kappa shape index (κ3) is 4.49. The summed E-state index contributed by atoms with van der Waals surface area (Å²) < 4.78 is 10.9. The summed E-state index contributed by atoms with van der Waals surface area (Å²) in [7, 11) is 0. The molecule has 0 radical (unpaired) electrons. The van der Waals surface area contributed by atoms with Crippen LogP contribution in [0.25, 0.3) is 0 Å². The highest BCUT2D eigenvalue weighted by Gasteiger charge is 2.11. The molecule has 0 heterocycles. The first kappa shape index (κ1) is 16.9. The van der Waals surface area contributed by atoms with Gasteiger partial charge in [0.1, 0.15) is 12.4 Å². The first-order valence-electron chi connectivity index (χ1n) is 7.73. The van der Waals surface area contributed by atoms with Gasteiger partial charge in [-0.1, -0.05) is 29.8 Å². The second-order valence-corrected chi connectivity index (χ2v) is 5.50. The van der Waals surface area contributed by atoms with Crippen LogP contribution in [0.5, 0.6) is 5.75 Å². The van der Waals surface area contributed by atoms with E-state index in [0.717, 1.165) is 22.4 Å². The van der Waals surface area contributed by atoms with Crippen molar-refractivity contribution < 1.29 is 14.3 Å². The van der Waals surface area contributed by atoms with Crippen LogP contribution >= 0.6 is 0 Å². The van der Waals surface area contributed by atoms with Gasteiger partial charge in [-0.05, 0) is 51.0 Å². The lowest BCUT2D eigenvalue weighted by atomic mass is 10.1. The molecule has 2 aromatic rings. The summed E-state index contributed by atoms with van der Waals surface area (Å²) in [6.45, 7) is 8.58. The van der Waals surface area contributed by atoms with Crippen LogP contribution in [0.2, 0.25) is 0 Å². The summed E-state index contributed by atoms with van der Waals surface area (Å²) >= 11 is 0. The molecule has 0 saturated carbocycles. The van der Waals surface area contributed by atoms with Crippen molar-refractivity contribution in [2.45, 2.75) is 34.3 Å². The van der Waals surface area contributed by atoms with E-state index in [0.29, 0.717) is 18.9 Å². The number of hydrogen-bond acceptors (Lipinski definition) is 3. The van der Waals surface area contributed by atoms with Crippen molar-refractivity contribution in [2.24, 2.45) is 0 Å². The minimum absolute atomic E-state index is 0.339. The van der Waals surface area contributed by atoms with Crippen LogP contribution in [-0.2, 0) is 11.3 Å². The normalized spacial score (nSPS) is 10.3. The zero-order valence-electron chi connectivity index (χ0n) is 14.1. The Labute approximate surface area is 137 Å². The number of hydrogen-bond donors (Lipinski definition) is 1. The van der Waals surface area contributed by atoms with Crippen molar-refractivity contribution in [3.63, 3.8) is 0 Å². The van der Waals surface area contributed by atoms with Crippen LogP contribution in [0.4, 0.5) is 10.5 Å². The quantitative estimate of drug-likeness (QED) is 0.865. The smallest absolute Gasteiger partial charge is 0.411 e. The molecule has 0 saturated heterocycles. The minimum atomic E-state index is -0.453. The molecule has 2 rings (SSSR count). The summed E-state index contributed by atoms with van der Waals surface area (Å²) in [5, 5.41) is 2.77. The van der Waals surface area contributed by atoms with E-state index in [4.69, 9.17) is 9.47 Å². The van der Waals surface area contributed by atoms with Crippen molar-refractivity contribution in [3.05, 3.63) is 58.7 Å². The Kier molecular flexibility index (Phi) is 5.63. The fraction of sp³-hybridized carbons (Fsp3) is 0.316. The summed E-state index contributed by atoms with van der Waals surface area (Å²) in [5.41, 5.74) is 5.02. The van der Waals surface area contributed by atoms with Gasteiger partial charge >= 0.3 is 6.09 Å². The van der Waals surface area contributed by atoms with E-state index < -0.39 is 6.09 Å². The molecule has 0 bridgehead atoms. The number of rotatable bonds is 5. The zero-order chi connectivity index (χ0) is 16.8. The predicted octanol–water partition coefficient (Wildman–Crippen LogP) is 4.76. The standard InChI is InChI=1S/C19H23NO3/c1-5-22-19(21)20-17-8-6-7-14(3)16(17)12-23-18-10-9-13(2)11-15(18)4/h6-11H,5,12H2,1-4H3,(H,20,21). The Balaban J connectivity index is 2.16. The van der Waals surface area contributed by atoms with E-state index in [-0.39, 0.29) is 0 Å². The molecule has 0 aliphatic rings. The summed E-state index contributed by atoms with van der Waals surface area (Å²) in [4.78, 5) is 11.7. The molecule has 23 heavy (non-hydrogen) atoms. The minimum Gasteiger partial charge on any atom is -0.489 e. The Morgan fingerprint density at radius 3 is 2.57 bits per heavy atom. The molecular weight excluding hydrogens is 290 g/mol. The van der Waals surface area contributed by atoms with Gasteiger partial charge in [0, 0.05) is 5.56 Å². The fourth-order valence-electron chi connectivity index (χ4n) is 2.40. The Bertz CT molecular complexity index is 695. The first-order valence-corrected chi connectivity index (χ1v) is 7.73. The molecule has 122 valence electrons. The van der Waals surface area contributed by atoms with Crippen LogP contribution in [0.3, 0.4) is 0 Å². The number of anilines is 1. The topological polar surface area (TPSA) is 47.6 Å². The van der Waals surface area contributed by atoms with Crippen molar-refractivity contribution in [2.75, 3.05) is 11.9 Å².